The predicted molar refractivity (Wildman–Crippen MR) is 272 cm³/mol. The van der Waals surface area contributed by atoms with Crippen molar-refractivity contribution in [3.63, 3.8) is 0 Å². The van der Waals surface area contributed by atoms with Gasteiger partial charge in [-0.05, 0) is 73.4 Å². The van der Waals surface area contributed by atoms with Crippen LogP contribution in [0.4, 0.5) is 0 Å². The Morgan fingerprint density at radius 2 is 0.358 bits per heavy atom. The summed E-state index contributed by atoms with van der Waals surface area (Å²) in [6, 6.07) is 50.0. The zero-order valence-corrected chi connectivity index (χ0v) is 42.5. The van der Waals surface area contributed by atoms with Crippen molar-refractivity contribution in [3.8, 4) is 0 Å². The summed E-state index contributed by atoms with van der Waals surface area (Å²) in [4.78, 5) is 0. The smallest absolute Gasteiger partial charge is 0 e. The van der Waals surface area contributed by atoms with Crippen molar-refractivity contribution in [1.29, 1.82) is 0 Å². The minimum atomic E-state index is 0. The van der Waals surface area contributed by atoms with E-state index in [9.17, 15) is 0 Å². The molecular weight excluding hydrogens is 891 g/mol. The maximum Gasteiger partial charge on any atom is 0 e. The van der Waals surface area contributed by atoms with Crippen LogP contribution >= 0.6 is 105 Å². The molecule has 0 amide bonds. The molecule has 0 aliphatic carbocycles. The Morgan fingerprint density at radius 1 is 0.245 bits per heavy atom. The molecule has 0 saturated heterocycles. The van der Waals surface area contributed by atoms with E-state index in [1.807, 2.05) is 0 Å². The summed E-state index contributed by atoms with van der Waals surface area (Å²) in [7, 11) is 16.0. The van der Waals surface area contributed by atoms with Gasteiger partial charge in [-0.2, -0.15) is 0 Å². The Kier molecular flexibility index (Phi) is 43.3. The van der Waals surface area contributed by atoms with E-state index in [2.05, 4.69) is 243 Å². The standard InChI is InChI=1S/6C7H9P.4ClH.Co/c6*1-6-3-2-4-7(8)5-6;;;;;/h6*2-5H,8H2,1H3;4*1H;. The van der Waals surface area contributed by atoms with Crippen LogP contribution in [-0.2, 0) is 16.8 Å². The van der Waals surface area contributed by atoms with E-state index in [4.69, 9.17) is 0 Å². The van der Waals surface area contributed by atoms with E-state index in [0.717, 1.165) is 0 Å². The summed E-state index contributed by atoms with van der Waals surface area (Å²) >= 11 is 0. The third-order valence-electron chi connectivity index (χ3n) is 6.25. The van der Waals surface area contributed by atoms with Crippen LogP contribution in [0.5, 0.6) is 0 Å². The molecule has 6 rings (SSSR count). The van der Waals surface area contributed by atoms with E-state index in [1.54, 1.807) is 0 Å². The molecule has 0 heterocycles. The van der Waals surface area contributed by atoms with E-state index < -0.39 is 0 Å². The zero-order chi connectivity index (χ0) is 35.9. The minimum absolute atomic E-state index is 0. The Bertz CT molecular complexity index is 1350. The van der Waals surface area contributed by atoms with Crippen molar-refractivity contribution in [1.82, 2.24) is 0 Å². The van der Waals surface area contributed by atoms with Gasteiger partial charge in [-0.3, -0.25) is 0 Å². The molecule has 0 aliphatic heterocycles. The maximum atomic E-state index is 2.66. The van der Waals surface area contributed by atoms with E-state index in [1.165, 1.54) is 65.2 Å². The molecule has 0 spiro atoms. The van der Waals surface area contributed by atoms with Crippen LogP contribution in [0.25, 0.3) is 0 Å². The van der Waals surface area contributed by atoms with Gasteiger partial charge >= 0.3 is 0 Å². The first-order valence-electron chi connectivity index (χ1n) is 15.7. The van der Waals surface area contributed by atoms with Crippen molar-refractivity contribution in [2.75, 3.05) is 0 Å². The summed E-state index contributed by atoms with van der Waals surface area (Å²) in [6.07, 6.45) is 0. The van der Waals surface area contributed by atoms with Crippen LogP contribution in [-0.4, -0.2) is 0 Å². The fourth-order valence-corrected chi connectivity index (χ4v) is 6.26. The topological polar surface area (TPSA) is 0 Å². The second kappa shape index (κ2) is 37.2. The van der Waals surface area contributed by atoms with Crippen LogP contribution in [0.15, 0.2) is 146 Å². The Balaban J connectivity index is -0.000000171. The molecule has 1 radical (unpaired) electrons. The number of aryl methyl sites for hydroxylation is 6. The first-order chi connectivity index (χ1) is 22.7. The first kappa shape index (κ1) is 61.8. The molecule has 0 saturated carbocycles. The van der Waals surface area contributed by atoms with Crippen molar-refractivity contribution in [3.05, 3.63) is 179 Å². The van der Waals surface area contributed by atoms with Gasteiger partial charge in [0.05, 0.1) is 0 Å². The molecule has 0 N–H and O–H groups in total. The fraction of sp³-hybridized carbons (Fsp3) is 0.143. The van der Waals surface area contributed by atoms with Gasteiger partial charge in [-0.25, -0.2) is 0 Å². The largest absolute Gasteiger partial charge is 0.147 e. The van der Waals surface area contributed by atoms with Gasteiger partial charge in [-0.15, -0.1) is 105 Å². The summed E-state index contributed by atoms with van der Waals surface area (Å²) in [5.41, 5.74) is 7.90. The summed E-state index contributed by atoms with van der Waals surface area (Å²) in [6.45, 7) is 12.5. The number of hydrogen-bond donors (Lipinski definition) is 0. The number of rotatable bonds is 0. The molecule has 0 aromatic heterocycles. The molecule has 0 fully saturated rings. The second-order valence-corrected chi connectivity index (χ2v) is 15.5. The average molecular weight is 950 g/mol. The SMILES string of the molecule is Cc1cccc(P)c1.Cc1cccc(P)c1.Cc1cccc(P)c1.Cc1cccc(P)c1.Cc1cccc(P)c1.Cc1cccc(P)c1.Cl.Cl.Cl.Cl.[Co]. The van der Waals surface area contributed by atoms with Gasteiger partial charge in [0.15, 0.2) is 0 Å². The van der Waals surface area contributed by atoms with Crippen molar-refractivity contribution in [2.45, 2.75) is 41.5 Å². The summed E-state index contributed by atoms with van der Waals surface area (Å²) in [5.74, 6) is 0. The maximum absolute atomic E-state index is 2.66. The van der Waals surface area contributed by atoms with E-state index in [-0.39, 0.29) is 66.4 Å². The van der Waals surface area contributed by atoms with E-state index >= 15 is 0 Å². The predicted octanol–water partition coefficient (Wildman–Crippen LogP) is 10.7. The quantitative estimate of drug-likeness (QED) is 0.133. The molecule has 0 bridgehead atoms. The van der Waals surface area contributed by atoms with Crippen molar-refractivity contribution >= 4 is 137 Å². The second-order valence-electron chi connectivity index (χ2n) is 11.5. The van der Waals surface area contributed by atoms with Crippen molar-refractivity contribution < 1.29 is 16.8 Å². The molecule has 6 aromatic rings. The van der Waals surface area contributed by atoms with Gasteiger partial charge in [0.2, 0.25) is 0 Å². The first-order valence-corrected chi connectivity index (χ1v) is 19.1. The van der Waals surface area contributed by atoms with Crippen LogP contribution in [0.3, 0.4) is 0 Å². The molecule has 0 nitrogen and oxygen atoms in total. The molecule has 11 heteroatoms. The normalized spacial score (nSPS) is 8.38. The fourth-order valence-electron chi connectivity index (χ4n) is 4.02. The third kappa shape index (κ3) is 35.7. The number of benzene rings is 6. The number of halogens is 4. The summed E-state index contributed by atoms with van der Waals surface area (Å²) in [5, 5.41) is 7.53. The Morgan fingerprint density at radius 3 is 0.415 bits per heavy atom. The third-order valence-corrected chi connectivity index (χ3v) is 8.41. The van der Waals surface area contributed by atoms with Crippen LogP contribution in [0, 0.1) is 41.5 Å². The van der Waals surface area contributed by atoms with Crippen LogP contribution in [0.1, 0.15) is 33.4 Å². The molecule has 6 unspecified atom stereocenters. The minimum Gasteiger partial charge on any atom is -0.147 e. The van der Waals surface area contributed by atoms with Gasteiger partial charge in [0.1, 0.15) is 0 Å². The van der Waals surface area contributed by atoms with Gasteiger partial charge in [-0.1, -0.05) is 179 Å². The molecule has 6 atom stereocenters. The molecule has 6 aromatic carbocycles. The van der Waals surface area contributed by atoms with Gasteiger partial charge < -0.3 is 0 Å². The number of hydrogen-bond acceptors (Lipinski definition) is 0. The zero-order valence-electron chi connectivity index (χ0n) is 31.3. The molecular formula is C42H58Cl4CoP6. The summed E-state index contributed by atoms with van der Waals surface area (Å²) < 4.78 is 0. The van der Waals surface area contributed by atoms with Crippen LogP contribution < -0.4 is 31.8 Å². The Labute approximate surface area is 371 Å². The van der Waals surface area contributed by atoms with E-state index in [0.29, 0.717) is 0 Å². The average Bonchev–Trinajstić information content (AvgIpc) is 2.98. The van der Waals surface area contributed by atoms with Gasteiger partial charge in [0.25, 0.3) is 0 Å². The molecule has 53 heavy (non-hydrogen) atoms. The molecule has 293 valence electrons. The molecule has 0 aliphatic rings. The van der Waals surface area contributed by atoms with Crippen LogP contribution in [0.2, 0.25) is 0 Å². The van der Waals surface area contributed by atoms with Gasteiger partial charge in [0, 0.05) is 16.8 Å². The van der Waals surface area contributed by atoms with Crippen molar-refractivity contribution in [2.24, 2.45) is 0 Å². The monoisotopic (exact) mass is 947 g/mol. The Hall–Kier alpha value is -0.434.